The average Bonchev–Trinajstić information content (AvgIpc) is 2.45. The molecular formula is C18H21NO5. The molecule has 24 heavy (non-hydrogen) atoms. The van der Waals surface area contributed by atoms with Crippen LogP contribution in [-0.4, -0.2) is 27.3 Å². The Hall–Kier alpha value is -2.60. The van der Waals surface area contributed by atoms with Gasteiger partial charge in [0.2, 0.25) is 0 Å². The number of carbonyl (C=O) groups is 2. The summed E-state index contributed by atoms with van der Waals surface area (Å²) in [5, 5.41) is 29.0. The number of allylic oxidation sites excluding steroid dienone is 2. The fourth-order valence-corrected chi connectivity index (χ4v) is 2.78. The number of carboxylic acids is 2. The Bertz CT molecular complexity index is 770. The summed E-state index contributed by atoms with van der Waals surface area (Å²) >= 11 is 0. The predicted octanol–water partition coefficient (Wildman–Crippen LogP) is 2.39. The van der Waals surface area contributed by atoms with Crippen molar-refractivity contribution in [3.63, 3.8) is 0 Å². The zero-order valence-electron chi connectivity index (χ0n) is 13.8. The van der Waals surface area contributed by atoms with Crippen LogP contribution in [0.25, 0.3) is 5.57 Å². The highest BCUT2D eigenvalue weighted by molar-refractivity contribution is 5.96. The molecule has 0 amide bonds. The van der Waals surface area contributed by atoms with Gasteiger partial charge in [-0.05, 0) is 56.5 Å². The highest BCUT2D eigenvalue weighted by Gasteiger charge is 2.37. The number of nitrogens with two attached hydrogens (primary N) is 1. The highest BCUT2D eigenvalue weighted by Crippen LogP contribution is 2.39. The third-order valence-electron chi connectivity index (χ3n) is 4.17. The molecule has 0 fully saturated rings. The Morgan fingerprint density at radius 3 is 2.38 bits per heavy atom. The van der Waals surface area contributed by atoms with Crippen molar-refractivity contribution in [2.45, 2.75) is 32.8 Å². The molecule has 1 aliphatic carbocycles. The van der Waals surface area contributed by atoms with Crippen LogP contribution in [0.1, 0.15) is 38.3 Å². The SMILES string of the molecule is CC1(C(=O)O)C=C(c2ccc(N)c(C(C)(C)O)c2)C=C(C(=O)O)C1. The van der Waals surface area contributed by atoms with Gasteiger partial charge < -0.3 is 21.1 Å². The second kappa shape index (κ2) is 5.79. The molecule has 0 saturated heterocycles. The minimum Gasteiger partial charge on any atom is -0.481 e. The Morgan fingerprint density at radius 2 is 1.88 bits per heavy atom. The van der Waals surface area contributed by atoms with Gasteiger partial charge >= 0.3 is 11.9 Å². The molecule has 2 rings (SSSR count). The third-order valence-corrected chi connectivity index (χ3v) is 4.17. The van der Waals surface area contributed by atoms with Crippen LogP contribution >= 0.6 is 0 Å². The number of aliphatic carboxylic acids is 2. The van der Waals surface area contributed by atoms with E-state index in [-0.39, 0.29) is 12.0 Å². The van der Waals surface area contributed by atoms with Crippen LogP contribution in [0, 0.1) is 5.41 Å². The average molecular weight is 331 g/mol. The summed E-state index contributed by atoms with van der Waals surface area (Å²) in [6, 6.07) is 4.95. The highest BCUT2D eigenvalue weighted by atomic mass is 16.4. The number of hydrogen-bond acceptors (Lipinski definition) is 4. The number of benzene rings is 1. The van der Waals surface area contributed by atoms with Gasteiger partial charge in [-0.3, -0.25) is 4.79 Å². The van der Waals surface area contributed by atoms with Crippen LogP contribution in [0.5, 0.6) is 0 Å². The van der Waals surface area contributed by atoms with E-state index in [1.165, 1.54) is 13.0 Å². The zero-order chi connectivity index (χ0) is 18.3. The Morgan fingerprint density at radius 1 is 1.25 bits per heavy atom. The van der Waals surface area contributed by atoms with Gasteiger partial charge in [0, 0.05) is 16.8 Å². The maximum atomic E-state index is 11.6. The first-order valence-corrected chi connectivity index (χ1v) is 7.47. The van der Waals surface area contributed by atoms with Crippen molar-refractivity contribution < 1.29 is 24.9 Å². The van der Waals surface area contributed by atoms with Gasteiger partial charge in [-0.1, -0.05) is 12.1 Å². The second-order valence-corrected chi connectivity index (χ2v) is 6.83. The molecule has 1 unspecified atom stereocenters. The van der Waals surface area contributed by atoms with Gasteiger partial charge in [0.25, 0.3) is 0 Å². The standard InChI is InChI=1S/C18H21NO5/c1-17(2,24)13-7-10(4-5-14(13)19)11-6-12(15(20)21)9-18(3,8-11)16(22)23/h4-8,24H,9,19H2,1-3H3,(H,20,21)(H,22,23). The molecule has 0 aromatic heterocycles. The van der Waals surface area contributed by atoms with Crippen molar-refractivity contribution in [1.82, 2.24) is 0 Å². The number of carboxylic acid groups (broad SMARTS) is 2. The van der Waals surface area contributed by atoms with E-state index in [2.05, 4.69) is 0 Å². The van der Waals surface area contributed by atoms with Gasteiger partial charge in [-0.15, -0.1) is 0 Å². The lowest BCUT2D eigenvalue weighted by Gasteiger charge is -2.27. The van der Waals surface area contributed by atoms with Gasteiger partial charge in [-0.2, -0.15) is 0 Å². The van der Waals surface area contributed by atoms with Gasteiger partial charge in [-0.25, -0.2) is 4.79 Å². The second-order valence-electron chi connectivity index (χ2n) is 6.83. The first-order chi connectivity index (χ1) is 10.9. The summed E-state index contributed by atoms with van der Waals surface area (Å²) in [5.74, 6) is -2.24. The lowest BCUT2D eigenvalue weighted by atomic mass is 9.76. The minimum atomic E-state index is -1.31. The first-order valence-electron chi connectivity index (χ1n) is 7.47. The molecule has 6 nitrogen and oxygen atoms in total. The van der Waals surface area contributed by atoms with Crippen molar-refractivity contribution in [1.29, 1.82) is 0 Å². The van der Waals surface area contributed by atoms with E-state index in [1.807, 2.05) is 0 Å². The smallest absolute Gasteiger partial charge is 0.331 e. The van der Waals surface area contributed by atoms with E-state index in [0.29, 0.717) is 22.4 Å². The minimum absolute atomic E-state index is 0.0269. The monoisotopic (exact) mass is 331 g/mol. The van der Waals surface area contributed by atoms with Crippen molar-refractivity contribution in [3.05, 3.63) is 47.1 Å². The number of nitrogen functional groups attached to an aromatic ring is 1. The molecule has 0 heterocycles. The Labute approximate surface area is 139 Å². The van der Waals surface area contributed by atoms with Gasteiger partial charge in [0.05, 0.1) is 11.0 Å². The quantitative estimate of drug-likeness (QED) is 0.629. The Balaban J connectivity index is 2.63. The van der Waals surface area contributed by atoms with E-state index in [0.717, 1.165) is 0 Å². The summed E-state index contributed by atoms with van der Waals surface area (Å²) < 4.78 is 0. The molecule has 0 aliphatic heterocycles. The van der Waals surface area contributed by atoms with Crippen LogP contribution in [0.15, 0.2) is 35.9 Å². The molecule has 1 aliphatic rings. The molecule has 1 atom stereocenters. The fourth-order valence-electron chi connectivity index (χ4n) is 2.78. The summed E-state index contributed by atoms with van der Waals surface area (Å²) in [6.07, 6.45) is 2.92. The molecular weight excluding hydrogens is 310 g/mol. The maximum absolute atomic E-state index is 11.6. The van der Waals surface area contributed by atoms with E-state index in [9.17, 15) is 24.9 Å². The molecule has 0 bridgehead atoms. The van der Waals surface area contributed by atoms with Crippen molar-refractivity contribution in [2.24, 2.45) is 5.41 Å². The van der Waals surface area contributed by atoms with Crippen molar-refractivity contribution in [3.8, 4) is 0 Å². The number of aliphatic hydroxyl groups is 1. The van der Waals surface area contributed by atoms with Crippen LogP contribution in [0.4, 0.5) is 5.69 Å². The molecule has 1 aromatic carbocycles. The zero-order valence-corrected chi connectivity index (χ0v) is 13.8. The summed E-state index contributed by atoms with van der Waals surface area (Å²) in [7, 11) is 0. The molecule has 6 heteroatoms. The summed E-state index contributed by atoms with van der Waals surface area (Å²) in [6.45, 7) is 4.68. The fraction of sp³-hybridized carbons (Fsp3) is 0.333. The van der Waals surface area contributed by atoms with Crippen molar-refractivity contribution >= 4 is 23.2 Å². The molecule has 0 radical (unpaired) electrons. The maximum Gasteiger partial charge on any atom is 0.331 e. The summed E-state index contributed by atoms with van der Waals surface area (Å²) in [5.41, 5.74) is 5.43. The molecule has 1 aromatic rings. The lowest BCUT2D eigenvalue weighted by Crippen LogP contribution is -2.29. The lowest BCUT2D eigenvalue weighted by molar-refractivity contribution is -0.145. The van der Waals surface area contributed by atoms with Crippen LogP contribution in [-0.2, 0) is 15.2 Å². The van der Waals surface area contributed by atoms with E-state index >= 15 is 0 Å². The van der Waals surface area contributed by atoms with Gasteiger partial charge in [0.1, 0.15) is 0 Å². The van der Waals surface area contributed by atoms with E-state index in [1.54, 1.807) is 38.1 Å². The normalized spacial score (nSPS) is 21.0. The largest absolute Gasteiger partial charge is 0.481 e. The van der Waals surface area contributed by atoms with Crippen LogP contribution in [0.3, 0.4) is 0 Å². The number of rotatable bonds is 4. The topological polar surface area (TPSA) is 121 Å². The molecule has 0 spiro atoms. The van der Waals surface area contributed by atoms with E-state index in [4.69, 9.17) is 5.73 Å². The summed E-state index contributed by atoms with van der Waals surface area (Å²) in [4.78, 5) is 23.0. The third kappa shape index (κ3) is 3.33. The van der Waals surface area contributed by atoms with Crippen LogP contribution in [0.2, 0.25) is 0 Å². The number of hydrogen-bond donors (Lipinski definition) is 4. The van der Waals surface area contributed by atoms with Gasteiger partial charge in [0.15, 0.2) is 0 Å². The van der Waals surface area contributed by atoms with Crippen molar-refractivity contribution in [2.75, 3.05) is 5.73 Å². The predicted molar refractivity (Wildman–Crippen MR) is 90.2 cm³/mol. The molecule has 0 saturated carbocycles. The van der Waals surface area contributed by atoms with Crippen LogP contribution < -0.4 is 5.73 Å². The number of anilines is 1. The Kier molecular flexibility index (Phi) is 4.29. The molecule has 5 N–H and O–H groups in total. The molecule has 128 valence electrons. The van der Waals surface area contributed by atoms with E-state index < -0.39 is 23.0 Å². The first kappa shape index (κ1) is 17.7.